The minimum absolute atomic E-state index is 0. The quantitative estimate of drug-likeness (QED) is 0.209. The molecule has 0 heterocycles. The summed E-state index contributed by atoms with van der Waals surface area (Å²) >= 11 is 0. The molecule has 154 valence electrons. The first-order valence-electron chi connectivity index (χ1n) is 9.60. The molecule has 1 aromatic carbocycles. The van der Waals surface area contributed by atoms with Crippen molar-refractivity contribution in [1.82, 2.24) is 5.32 Å². The second-order valence-corrected chi connectivity index (χ2v) is 6.57. The molecule has 2 rings (SSSR count). The molecule has 0 radical (unpaired) electrons. The Hall–Kier alpha value is -1.22. The second-order valence-electron chi connectivity index (χ2n) is 6.57. The minimum atomic E-state index is 0. The molecule has 0 aromatic heterocycles. The number of aliphatic imine (C=N–C) groups is 1. The zero-order valence-corrected chi connectivity index (χ0v) is 19.3. The van der Waals surface area contributed by atoms with Crippen LogP contribution in [0.5, 0.6) is 11.5 Å². The summed E-state index contributed by atoms with van der Waals surface area (Å²) in [6, 6.07) is 5.82. The number of methoxy groups -OCH3 is 1. The third-order valence-electron chi connectivity index (χ3n) is 4.58. The lowest BCUT2D eigenvalue weighted by molar-refractivity contribution is 0.129. The van der Waals surface area contributed by atoms with E-state index in [0.717, 1.165) is 50.1 Å². The predicted molar refractivity (Wildman–Crippen MR) is 122 cm³/mol. The lowest BCUT2D eigenvalue weighted by Crippen LogP contribution is -2.31. The molecule has 7 heteroatoms. The molecule has 6 nitrogen and oxygen atoms in total. The molecule has 0 bridgehead atoms. The van der Waals surface area contributed by atoms with E-state index in [9.17, 15) is 0 Å². The van der Waals surface area contributed by atoms with Gasteiger partial charge in [-0.05, 0) is 57.6 Å². The van der Waals surface area contributed by atoms with Crippen molar-refractivity contribution in [2.24, 2.45) is 10.4 Å². The van der Waals surface area contributed by atoms with E-state index in [1.165, 1.54) is 12.8 Å². The molecule has 1 saturated carbocycles. The van der Waals surface area contributed by atoms with Crippen LogP contribution < -0.4 is 20.1 Å². The van der Waals surface area contributed by atoms with E-state index >= 15 is 0 Å². The first kappa shape index (κ1) is 23.8. The Morgan fingerprint density at radius 1 is 1.15 bits per heavy atom. The summed E-state index contributed by atoms with van der Waals surface area (Å²) in [6.07, 6.45) is 3.56. The Kier molecular flexibility index (Phi) is 10.8. The summed E-state index contributed by atoms with van der Waals surface area (Å²) in [6.45, 7) is 9.91. The van der Waals surface area contributed by atoms with E-state index in [1.54, 1.807) is 7.11 Å². The van der Waals surface area contributed by atoms with Gasteiger partial charge in [-0.15, -0.1) is 24.0 Å². The van der Waals surface area contributed by atoms with Gasteiger partial charge < -0.3 is 24.8 Å². The zero-order valence-electron chi connectivity index (χ0n) is 17.0. The number of anilines is 1. The number of benzene rings is 1. The van der Waals surface area contributed by atoms with E-state index in [2.05, 4.69) is 17.6 Å². The molecular weight excluding hydrogens is 457 g/mol. The van der Waals surface area contributed by atoms with Gasteiger partial charge in [0.05, 0.1) is 13.7 Å². The number of halogens is 1. The van der Waals surface area contributed by atoms with E-state index in [1.807, 2.05) is 32.0 Å². The molecule has 1 aliphatic rings. The lowest BCUT2D eigenvalue weighted by Gasteiger charge is -2.16. The van der Waals surface area contributed by atoms with Gasteiger partial charge in [0.15, 0.2) is 17.5 Å². The molecule has 0 spiro atoms. The molecule has 0 saturated heterocycles. The van der Waals surface area contributed by atoms with E-state index in [4.69, 9.17) is 19.2 Å². The zero-order chi connectivity index (χ0) is 18.8. The molecule has 0 unspecified atom stereocenters. The van der Waals surface area contributed by atoms with Crippen molar-refractivity contribution < 1.29 is 14.2 Å². The van der Waals surface area contributed by atoms with E-state index < -0.39 is 0 Å². The number of guanidine groups is 1. The van der Waals surface area contributed by atoms with Crippen LogP contribution in [0.15, 0.2) is 23.2 Å². The van der Waals surface area contributed by atoms with Crippen LogP contribution in [0.1, 0.15) is 40.0 Å². The Morgan fingerprint density at radius 2 is 1.93 bits per heavy atom. The van der Waals surface area contributed by atoms with Crippen LogP contribution in [0.2, 0.25) is 0 Å². The largest absolute Gasteiger partial charge is 0.493 e. The molecule has 1 fully saturated rings. The topological polar surface area (TPSA) is 64.1 Å². The number of hydrogen-bond acceptors (Lipinski definition) is 4. The number of ether oxygens (including phenoxy) is 3. The van der Waals surface area contributed by atoms with Crippen LogP contribution >= 0.6 is 24.0 Å². The van der Waals surface area contributed by atoms with E-state index in [0.29, 0.717) is 17.8 Å². The van der Waals surface area contributed by atoms with Gasteiger partial charge in [-0.3, -0.25) is 4.99 Å². The van der Waals surface area contributed by atoms with Gasteiger partial charge in [0, 0.05) is 38.1 Å². The summed E-state index contributed by atoms with van der Waals surface area (Å²) < 4.78 is 16.5. The van der Waals surface area contributed by atoms with Crippen molar-refractivity contribution in [3.05, 3.63) is 18.2 Å². The van der Waals surface area contributed by atoms with Crippen molar-refractivity contribution in [2.45, 2.75) is 40.0 Å². The van der Waals surface area contributed by atoms with Crippen molar-refractivity contribution >= 4 is 35.6 Å². The van der Waals surface area contributed by atoms with Gasteiger partial charge in [-0.25, -0.2) is 0 Å². The fourth-order valence-corrected chi connectivity index (χ4v) is 2.81. The van der Waals surface area contributed by atoms with Gasteiger partial charge in [0.25, 0.3) is 0 Å². The summed E-state index contributed by atoms with van der Waals surface area (Å²) in [5, 5.41) is 6.68. The Labute approximate surface area is 180 Å². The Morgan fingerprint density at radius 3 is 2.52 bits per heavy atom. The standard InChI is InChI=1S/C20H33N3O3.HI/c1-5-21-19(22-15-20(10-11-20)12-13-25-6-2)23-16-8-9-17(26-7-3)18(14-16)24-4;/h8-9,14H,5-7,10-13,15H2,1-4H3,(H2,21,22,23);1H. The average Bonchev–Trinajstić information content (AvgIpc) is 3.42. The van der Waals surface area contributed by atoms with Crippen LogP contribution in [-0.2, 0) is 4.74 Å². The van der Waals surface area contributed by atoms with Gasteiger partial charge in [-0.2, -0.15) is 0 Å². The van der Waals surface area contributed by atoms with Crippen LogP contribution in [-0.4, -0.2) is 46.0 Å². The fourth-order valence-electron chi connectivity index (χ4n) is 2.81. The number of hydrogen-bond donors (Lipinski definition) is 2. The van der Waals surface area contributed by atoms with Crippen LogP contribution in [0.4, 0.5) is 5.69 Å². The lowest BCUT2D eigenvalue weighted by atomic mass is 10.0. The molecule has 0 amide bonds. The number of rotatable bonds is 11. The maximum atomic E-state index is 5.57. The van der Waals surface area contributed by atoms with Crippen LogP contribution in [0.3, 0.4) is 0 Å². The highest BCUT2D eigenvalue weighted by Gasteiger charge is 2.41. The molecule has 1 aliphatic carbocycles. The van der Waals surface area contributed by atoms with Gasteiger partial charge in [0.2, 0.25) is 0 Å². The summed E-state index contributed by atoms with van der Waals surface area (Å²) in [7, 11) is 1.65. The molecule has 0 aliphatic heterocycles. The number of nitrogens with zero attached hydrogens (tertiary/aromatic N) is 1. The number of nitrogens with one attached hydrogen (secondary N) is 2. The maximum absolute atomic E-state index is 5.57. The molecular formula is C20H34IN3O3. The first-order chi connectivity index (χ1) is 12.7. The molecule has 27 heavy (non-hydrogen) atoms. The smallest absolute Gasteiger partial charge is 0.195 e. The summed E-state index contributed by atoms with van der Waals surface area (Å²) in [5.41, 5.74) is 1.25. The van der Waals surface area contributed by atoms with Gasteiger partial charge >= 0.3 is 0 Å². The third-order valence-corrected chi connectivity index (χ3v) is 4.58. The SMILES string of the molecule is CCNC(=NCC1(CCOCC)CC1)Nc1ccc(OCC)c(OC)c1.I. The fraction of sp³-hybridized carbons (Fsp3) is 0.650. The normalized spacial score (nSPS) is 14.9. The van der Waals surface area contributed by atoms with Crippen LogP contribution in [0, 0.1) is 5.41 Å². The highest BCUT2D eigenvalue weighted by molar-refractivity contribution is 14.0. The Bertz CT molecular complexity index is 592. The van der Waals surface area contributed by atoms with Gasteiger partial charge in [0.1, 0.15) is 0 Å². The summed E-state index contributed by atoms with van der Waals surface area (Å²) in [5.74, 6) is 2.25. The van der Waals surface area contributed by atoms with E-state index in [-0.39, 0.29) is 24.0 Å². The monoisotopic (exact) mass is 491 g/mol. The van der Waals surface area contributed by atoms with Crippen molar-refractivity contribution in [1.29, 1.82) is 0 Å². The van der Waals surface area contributed by atoms with Crippen molar-refractivity contribution in [3.63, 3.8) is 0 Å². The first-order valence-corrected chi connectivity index (χ1v) is 9.60. The average molecular weight is 491 g/mol. The Balaban J connectivity index is 0.00000364. The maximum Gasteiger partial charge on any atom is 0.195 e. The molecule has 1 aromatic rings. The molecule has 0 atom stereocenters. The van der Waals surface area contributed by atoms with Crippen molar-refractivity contribution in [2.75, 3.05) is 45.3 Å². The highest BCUT2D eigenvalue weighted by atomic mass is 127. The van der Waals surface area contributed by atoms with Crippen molar-refractivity contribution in [3.8, 4) is 11.5 Å². The van der Waals surface area contributed by atoms with Crippen LogP contribution in [0.25, 0.3) is 0 Å². The second kappa shape index (κ2) is 12.3. The highest BCUT2D eigenvalue weighted by Crippen LogP contribution is 2.49. The van der Waals surface area contributed by atoms with Gasteiger partial charge in [-0.1, -0.05) is 0 Å². The minimum Gasteiger partial charge on any atom is -0.493 e. The summed E-state index contributed by atoms with van der Waals surface area (Å²) in [4.78, 5) is 4.80. The molecule has 2 N–H and O–H groups in total. The predicted octanol–water partition coefficient (Wildman–Crippen LogP) is 4.30. The third kappa shape index (κ3) is 7.73.